The van der Waals surface area contributed by atoms with E-state index < -0.39 is 0 Å². The molecule has 0 radical (unpaired) electrons. The number of hydrogen-bond acceptors (Lipinski definition) is 4. The monoisotopic (exact) mass is 485 g/mol. The van der Waals surface area contributed by atoms with Crippen molar-refractivity contribution in [2.24, 2.45) is 0 Å². The van der Waals surface area contributed by atoms with Crippen LogP contribution in [0.1, 0.15) is 68.1 Å². The first-order valence-electron chi connectivity index (χ1n) is 13.1. The highest BCUT2D eigenvalue weighted by Crippen LogP contribution is 2.33. The summed E-state index contributed by atoms with van der Waals surface area (Å²) in [6.45, 7) is 11.6. The summed E-state index contributed by atoms with van der Waals surface area (Å²) in [6, 6.07) is 17.4. The molecule has 1 aromatic heterocycles. The average molecular weight is 486 g/mol. The number of hydrogen-bond donors (Lipinski definition) is 1. The van der Waals surface area contributed by atoms with E-state index >= 15 is 0 Å². The number of benzene rings is 2. The van der Waals surface area contributed by atoms with E-state index in [0.29, 0.717) is 18.3 Å². The molecule has 5 rings (SSSR count). The van der Waals surface area contributed by atoms with Gasteiger partial charge in [0.2, 0.25) is 0 Å². The molecule has 0 atom stereocenters. The molecule has 1 aliphatic heterocycles. The number of furan rings is 1. The summed E-state index contributed by atoms with van der Waals surface area (Å²) in [7, 11) is 0. The maximum atomic E-state index is 9.60. The van der Waals surface area contributed by atoms with E-state index in [-0.39, 0.29) is 5.76 Å². The van der Waals surface area contributed by atoms with Crippen molar-refractivity contribution in [3.8, 4) is 12.8 Å². The Bertz CT molecular complexity index is 1180. The van der Waals surface area contributed by atoms with Crippen molar-refractivity contribution in [1.29, 1.82) is 0 Å². The summed E-state index contributed by atoms with van der Waals surface area (Å²) in [6.07, 6.45) is 15.4. The smallest absolute Gasteiger partial charge is 0.172 e. The van der Waals surface area contributed by atoms with Gasteiger partial charge in [0.15, 0.2) is 23.0 Å². The minimum atomic E-state index is -0.0363. The molecule has 0 bridgehead atoms. The number of aliphatic hydroxyl groups excluding tert-OH is 1. The number of ether oxygens (including phenoxy) is 1. The number of nitrogens with zero attached hydrogens (tertiary/aromatic N) is 1. The number of piperidine rings is 1. The molecule has 0 saturated carbocycles. The highest BCUT2D eigenvalue weighted by Gasteiger charge is 2.22. The number of aliphatic hydroxyl groups is 1. The minimum absolute atomic E-state index is 0.0363. The predicted octanol–water partition coefficient (Wildman–Crippen LogP) is 7.81. The highest BCUT2D eigenvalue weighted by molar-refractivity contribution is 5.83. The molecule has 1 saturated heterocycles. The third kappa shape index (κ3) is 6.62. The number of likely N-dealkylation sites (tertiary alicyclic amines) is 1. The van der Waals surface area contributed by atoms with Gasteiger partial charge in [-0.05, 0) is 79.6 Å². The van der Waals surface area contributed by atoms with Gasteiger partial charge in [-0.2, -0.15) is 0 Å². The first-order chi connectivity index (χ1) is 17.7. The van der Waals surface area contributed by atoms with Gasteiger partial charge in [-0.15, -0.1) is 12.8 Å². The number of rotatable bonds is 7. The van der Waals surface area contributed by atoms with Gasteiger partial charge in [0, 0.05) is 12.1 Å². The lowest BCUT2D eigenvalue weighted by Gasteiger charge is -2.32. The van der Waals surface area contributed by atoms with Crippen LogP contribution in [0.5, 0.6) is 0 Å². The van der Waals surface area contributed by atoms with E-state index in [2.05, 4.69) is 72.9 Å². The molecule has 4 heteroatoms. The zero-order valence-electron chi connectivity index (χ0n) is 21.7. The summed E-state index contributed by atoms with van der Waals surface area (Å²) in [5.74, 6) is 2.60. The van der Waals surface area contributed by atoms with Crippen molar-refractivity contribution >= 4 is 22.3 Å². The maximum Gasteiger partial charge on any atom is 0.172 e. The Morgan fingerprint density at radius 3 is 2.53 bits per heavy atom. The normalized spacial score (nSPS) is 15.5. The van der Waals surface area contributed by atoms with Gasteiger partial charge in [0.25, 0.3) is 0 Å². The zero-order chi connectivity index (χ0) is 25.9. The second-order valence-electron chi connectivity index (χ2n) is 8.94. The molecular formula is C32H39NO3. The van der Waals surface area contributed by atoms with Crippen molar-refractivity contribution in [3.05, 3.63) is 83.8 Å². The van der Waals surface area contributed by atoms with Gasteiger partial charge in [-0.1, -0.05) is 62.9 Å². The van der Waals surface area contributed by atoms with E-state index in [1.54, 1.807) is 0 Å². The van der Waals surface area contributed by atoms with Crippen LogP contribution < -0.4 is 0 Å². The number of terminal acetylenes is 1. The molecule has 1 fully saturated rings. The van der Waals surface area contributed by atoms with E-state index in [9.17, 15) is 5.11 Å². The van der Waals surface area contributed by atoms with Gasteiger partial charge in [0.05, 0.1) is 6.61 Å². The Kier molecular flexibility index (Phi) is 10.3. The van der Waals surface area contributed by atoms with Crippen LogP contribution in [0.15, 0.2) is 65.6 Å². The van der Waals surface area contributed by atoms with Gasteiger partial charge >= 0.3 is 0 Å². The van der Waals surface area contributed by atoms with Crippen molar-refractivity contribution < 1.29 is 14.3 Å². The Balaban J connectivity index is 0.000000861. The van der Waals surface area contributed by atoms with E-state index in [0.717, 1.165) is 56.0 Å². The summed E-state index contributed by atoms with van der Waals surface area (Å²) < 4.78 is 11.8. The molecule has 2 aliphatic rings. The predicted molar refractivity (Wildman–Crippen MR) is 151 cm³/mol. The molecule has 4 nitrogen and oxygen atoms in total. The summed E-state index contributed by atoms with van der Waals surface area (Å²) in [5.41, 5.74) is 2.57. The van der Waals surface area contributed by atoms with E-state index in [1.165, 1.54) is 29.2 Å². The van der Waals surface area contributed by atoms with Crippen molar-refractivity contribution in [2.75, 3.05) is 26.2 Å². The average Bonchev–Trinajstić information content (AvgIpc) is 3.39. The molecule has 0 amide bonds. The van der Waals surface area contributed by atoms with Crippen LogP contribution in [0.3, 0.4) is 0 Å². The molecule has 0 spiro atoms. The Morgan fingerprint density at radius 2 is 1.81 bits per heavy atom. The van der Waals surface area contributed by atoms with Gasteiger partial charge < -0.3 is 19.2 Å². The lowest BCUT2D eigenvalue weighted by molar-refractivity contribution is 0.183. The fourth-order valence-electron chi connectivity index (χ4n) is 4.96. The molecule has 2 heterocycles. The second-order valence-corrected chi connectivity index (χ2v) is 8.94. The molecule has 1 aliphatic carbocycles. The molecule has 3 aromatic rings. The molecule has 0 unspecified atom stereocenters. The van der Waals surface area contributed by atoms with Crippen LogP contribution >= 0.6 is 0 Å². The van der Waals surface area contributed by atoms with Gasteiger partial charge in [-0.25, -0.2) is 0 Å². The fourth-order valence-corrected chi connectivity index (χ4v) is 4.96. The largest absolute Gasteiger partial charge is 0.505 e. The molecule has 2 aromatic carbocycles. The molecule has 36 heavy (non-hydrogen) atoms. The number of allylic oxidation sites excluding steroid dienone is 1. The van der Waals surface area contributed by atoms with Crippen LogP contribution in [0.25, 0.3) is 22.3 Å². The lowest BCUT2D eigenvalue weighted by Crippen LogP contribution is -2.34. The van der Waals surface area contributed by atoms with E-state index in [1.807, 2.05) is 19.9 Å². The minimum Gasteiger partial charge on any atom is -0.505 e. The van der Waals surface area contributed by atoms with Crippen LogP contribution in [-0.4, -0.2) is 36.2 Å². The first kappa shape index (κ1) is 27.2. The molecule has 1 N–H and O–H groups in total. The molecule has 190 valence electrons. The van der Waals surface area contributed by atoms with Gasteiger partial charge in [-0.3, -0.25) is 0 Å². The number of aryl methyl sites for hydroxylation is 1. The van der Waals surface area contributed by atoms with Gasteiger partial charge in [0.1, 0.15) is 0 Å². The second kappa shape index (κ2) is 13.6. The summed E-state index contributed by atoms with van der Waals surface area (Å²) in [4.78, 5) is 2.56. The first-order valence-corrected chi connectivity index (χ1v) is 13.1. The van der Waals surface area contributed by atoms with Crippen LogP contribution in [0.4, 0.5) is 0 Å². The highest BCUT2D eigenvalue weighted by atomic mass is 16.5. The third-order valence-corrected chi connectivity index (χ3v) is 6.77. The van der Waals surface area contributed by atoms with Crippen LogP contribution in [0.2, 0.25) is 0 Å². The summed E-state index contributed by atoms with van der Waals surface area (Å²) >= 11 is 0. The SMILES string of the molecule is C#C.C=C(O)c1cc2c(o1)C(OCCCN1CCC(c3ccc4ccccc4c3)CC1)=CCC2.CC. The lowest BCUT2D eigenvalue weighted by atomic mass is 9.88. The Morgan fingerprint density at radius 1 is 1.08 bits per heavy atom. The Labute approximate surface area is 216 Å². The van der Waals surface area contributed by atoms with Crippen LogP contribution in [-0.2, 0) is 11.2 Å². The fraction of sp³-hybridized carbons (Fsp3) is 0.375. The Hall–Kier alpha value is -3.42. The number of fused-ring (bicyclic) bond motifs is 2. The van der Waals surface area contributed by atoms with E-state index in [4.69, 9.17) is 9.15 Å². The van der Waals surface area contributed by atoms with Crippen molar-refractivity contribution in [1.82, 2.24) is 4.90 Å². The topological polar surface area (TPSA) is 45.8 Å². The third-order valence-electron chi connectivity index (χ3n) is 6.77. The summed E-state index contributed by atoms with van der Waals surface area (Å²) in [5, 5.41) is 12.3. The molecular weight excluding hydrogens is 446 g/mol. The maximum absolute atomic E-state index is 9.60. The zero-order valence-corrected chi connectivity index (χ0v) is 21.7. The van der Waals surface area contributed by atoms with Crippen molar-refractivity contribution in [2.45, 2.75) is 51.9 Å². The van der Waals surface area contributed by atoms with Crippen molar-refractivity contribution in [3.63, 3.8) is 0 Å². The quantitative estimate of drug-likeness (QED) is 0.211. The standard InChI is InChI=1S/C28H31NO3.C2H6.C2H2/c1-20(30)27-19-25-8-4-9-26(28(25)32-27)31-17-5-14-29-15-12-22(13-16-29)24-11-10-21-6-2-3-7-23(21)18-24;2*1-2/h2-3,6-7,9-11,18-19,22,30H,1,4-5,8,12-17H2;1-2H3;1-2H. The van der Waals surface area contributed by atoms with Crippen LogP contribution in [0, 0.1) is 12.8 Å².